The van der Waals surface area contributed by atoms with Crippen LogP contribution >= 0.6 is 27.5 Å². The van der Waals surface area contributed by atoms with Crippen molar-refractivity contribution < 1.29 is 4.74 Å². The maximum absolute atomic E-state index is 5.52. The Hall–Kier alpha value is -0.350. The van der Waals surface area contributed by atoms with E-state index in [1.807, 2.05) is 0 Å². The lowest BCUT2D eigenvalue weighted by Crippen LogP contribution is -1.89. The van der Waals surface area contributed by atoms with E-state index in [0.717, 1.165) is 0 Å². The fraction of sp³-hybridized carbons (Fsp3) is 0.200. The third kappa shape index (κ3) is 1.58. The SMILES string of the molecule is COc1cc(Cl)nnc1Br. The minimum atomic E-state index is 0.319. The molecule has 0 atom stereocenters. The smallest absolute Gasteiger partial charge is 0.170 e. The third-order valence-corrected chi connectivity index (χ3v) is 1.64. The number of ether oxygens (including phenoxy) is 1. The van der Waals surface area contributed by atoms with Crippen molar-refractivity contribution in [3.63, 3.8) is 0 Å². The van der Waals surface area contributed by atoms with Gasteiger partial charge in [0.1, 0.15) is 0 Å². The standard InChI is InChI=1S/C5H4BrClN2O/c1-10-3-2-4(7)8-9-5(3)6/h2H,1H3. The van der Waals surface area contributed by atoms with Gasteiger partial charge in [-0.2, -0.15) is 0 Å². The molecule has 0 saturated heterocycles. The molecule has 0 aliphatic rings. The number of hydrogen-bond acceptors (Lipinski definition) is 3. The van der Waals surface area contributed by atoms with E-state index >= 15 is 0 Å². The first-order chi connectivity index (χ1) is 4.74. The van der Waals surface area contributed by atoms with E-state index in [-0.39, 0.29) is 0 Å². The van der Waals surface area contributed by atoms with Crippen molar-refractivity contribution in [2.75, 3.05) is 7.11 Å². The van der Waals surface area contributed by atoms with Gasteiger partial charge >= 0.3 is 0 Å². The summed E-state index contributed by atoms with van der Waals surface area (Å²) in [5.74, 6) is 0.583. The van der Waals surface area contributed by atoms with E-state index in [0.29, 0.717) is 15.5 Å². The molecule has 10 heavy (non-hydrogen) atoms. The molecule has 5 heteroatoms. The molecule has 0 aliphatic heterocycles. The highest BCUT2D eigenvalue weighted by atomic mass is 79.9. The number of rotatable bonds is 1. The molecule has 0 bridgehead atoms. The molecule has 1 aromatic heterocycles. The van der Waals surface area contributed by atoms with Crippen LogP contribution in [0.2, 0.25) is 5.15 Å². The predicted octanol–water partition coefficient (Wildman–Crippen LogP) is 1.90. The molecule has 0 fully saturated rings. The fourth-order valence-corrected chi connectivity index (χ4v) is 0.973. The van der Waals surface area contributed by atoms with Crippen LogP contribution in [0.3, 0.4) is 0 Å². The van der Waals surface area contributed by atoms with Crippen LogP contribution < -0.4 is 4.74 Å². The molecule has 0 aliphatic carbocycles. The molecule has 0 amide bonds. The highest BCUT2D eigenvalue weighted by Crippen LogP contribution is 2.22. The van der Waals surface area contributed by atoms with Crippen molar-refractivity contribution in [3.05, 3.63) is 15.8 Å². The van der Waals surface area contributed by atoms with Crippen LogP contribution in [0.25, 0.3) is 0 Å². The van der Waals surface area contributed by atoms with Crippen LogP contribution in [0.5, 0.6) is 5.75 Å². The van der Waals surface area contributed by atoms with Crippen molar-refractivity contribution >= 4 is 27.5 Å². The summed E-state index contributed by atoms with van der Waals surface area (Å²) in [4.78, 5) is 0. The quantitative estimate of drug-likeness (QED) is 0.729. The number of hydrogen-bond donors (Lipinski definition) is 0. The second-order valence-electron chi connectivity index (χ2n) is 1.53. The van der Waals surface area contributed by atoms with Gasteiger partial charge < -0.3 is 4.74 Å². The van der Waals surface area contributed by atoms with Gasteiger partial charge in [-0.3, -0.25) is 0 Å². The highest BCUT2D eigenvalue weighted by Gasteiger charge is 2.01. The van der Waals surface area contributed by atoms with Crippen LogP contribution in [-0.4, -0.2) is 17.3 Å². The average molecular weight is 223 g/mol. The van der Waals surface area contributed by atoms with Crippen LogP contribution in [0, 0.1) is 0 Å². The summed E-state index contributed by atoms with van der Waals surface area (Å²) < 4.78 is 5.45. The lowest BCUT2D eigenvalue weighted by Gasteiger charge is -1.99. The lowest BCUT2D eigenvalue weighted by atomic mass is 10.5. The minimum Gasteiger partial charge on any atom is -0.494 e. The second kappa shape index (κ2) is 3.16. The number of nitrogens with zero attached hydrogens (tertiary/aromatic N) is 2. The summed E-state index contributed by atoms with van der Waals surface area (Å²) in [5, 5.41) is 7.55. The molecule has 0 spiro atoms. The van der Waals surface area contributed by atoms with Crippen LogP contribution in [0.15, 0.2) is 10.7 Å². The van der Waals surface area contributed by atoms with Crippen LogP contribution in [0.4, 0.5) is 0 Å². The summed E-state index contributed by atoms with van der Waals surface area (Å²) >= 11 is 8.65. The number of methoxy groups -OCH3 is 1. The predicted molar refractivity (Wildman–Crippen MR) is 41.3 cm³/mol. The van der Waals surface area contributed by atoms with Gasteiger partial charge in [-0.05, 0) is 15.9 Å². The second-order valence-corrected chi connectivity index (χ2v) is 2.66. The third-order valence-electron chi connectivity index (χ3n) is 0.907. The lowest BCUT2D eigenvalue weighted by molar-refractivity contribution is 0.408. The molecule has 54 valence electrons. The molecule has 0 unspecified atom stereocenters. The normalized spacial score (nSPS) is 9.50. The van der Waals surface area contributed by atoms with Gasteiger partial charge in [0.15, 0.2) is 15.5 Å². The molecular weight excluding hydrogens is 219 g/mol. The van der Waals surface area contributed by atoms with E-state index in [1.54, 1.807) is 6.07 Å². The maximum atomic E-state index is 5.52. The van der Waals surface area contributed by atoms with Gasteiger partial charge in [0, 0.05) is 6.07 Å². The van der Waals surface area contributed by atoms with E-state index in [1.165, 1.54) is 7.11 Å². The summed E-state index contributed by atoms with van der Waals surface area (Å²) in [5.41, 5.74) is 0. The van der Waals surface area contributed by atoms with E-state index in [4.69, 9.17) is 16.3 Å². The Kier molecular flexibility index (Phi) is 2.45. The topological polar surface area (TPSA) is 35.0 Å². The van der Waals surface area contributed by atoms with Gasteiger partial charge in [0.25, 0.3) is 0 Å². The van der Waals surface area contributed by atoms with Gasteiger partial charge in [-0.15, -0.1) is 10.2 Å². The first-order valence-electron chi connectivity index (χ1n) is 2.46. The fourth-order valence-electron chi connectivity index (χ4n) is 0.481. The van der Waals surface area contributed by atoms with E-state index in [9.17, 15) is 0 Å². The Balaban J connectivity index is 3.09. The van der Waals surface area contributed by atoms with Gasteiger partial charge in [-0.1, -0.05) is 11.6 Å². The zero-order valence-electron chi connectivity index (χ0n) is 5.14. The Morgan fingerprint density at radius 3 is 2.80 bits per heavy atom. The first-order valence-corrected chi connectivity index (χ1v) is 3.64. The summed E-state index contributed by atoms with van der Waals surface area (Å²) in [7, 11) is 1.54. The van der Waals surface area contributed by atoms with Crippen molar-refractivity contribution in [1.29, 1.82) is 0 Å². The number of halogens is 2. The minimum absolute atomic E-state index is 0.319. The first kappa shape index (κ1) is 7.75. The Bertz CT molecular complexity index is 243. The zero-order chi connectivity index (χ0) is 7.56. The van der Waals surface area contributed by atoms with Crippen LogP contribution in [-0.2, 0) is 0 Å². The molecule has 0 N–H and O–H groups in total. The van der Waals surface area contributed by atoms with Crippen LogP contribution in [0.1, 0.15) is 0 Å². The Morgan fingerprint density at radius 1 is 1.60 bits per heavy atom. The summed E-state index contributed by atoms with van der Waals surface area (Å²) in [6.45, 7) is 0. The summed E-state index contributed by atoms with van der Waals surface area (Å²) in [6.07, 6.45) is 0. The molecule has 0 radical (unpaired) electrons. The van der Waals surface area contributed by atoms with E-state index < -0.39 is 0 Å². The maximum Gasteiger partial charge on any atom is 0.170 e. The Labute approximate surface area is 71.5 Å². The van der Waals surface area contributed by atoms with Crippen molar-refractivity contribution in [1.82, 2.24) is 10.2 Å². The largest absolute Gasteiger partial charge is 0.494 e. The Morgan fingerprint density at radius 2 is 2.30 bits per heavy atom. The molecule has 1 aromatic rings. The molecule has 1 rings (SSSR count). The van der Waals surface area contributed by atoms with E-state index in [2.05, 4.69) is 26.1 Å². The molecule has 0 saturated carbocycles. The van der Waals surface area contributed by atoms with Crippen molar-refractivity contribution in [2.45, 2.75) is 0 Å². The molecular formula is C5H4BrClN2O. The monoisotopic (exact) mass is 222 g/mol. The van der Waals surface area contributed by atoms with Gasteiger partial charge in [0.2, 0.25) is 0 Å². The number of aromatic nitrogens is 2. The molecule has 0 aromatic carbocycles. The summed E-state index contributed by atoms with van der Waals surface area (Å²) in [6, 6.07) is 1.58. The average Bonchev–Trinajstić information content (AvgIpc) is 1.94. The highest BCUT2D eigenvalue weighted by molar-refractivity contribution is 9.10. The van der Waals surface area contributed by atoms with Gasteiger partial charge in [-0.25, -0.2) is 0 Å². The van der Waals surface area contributed by atoms with Gasteiger partial charge in [0.05, 0.1) is 7.11 Å². The molecule has 1 heterocycles. The molecule has 3 nitrogen and oxygen atoms in total. The zero-order valence-corrected chi connectivity index (χ0v) is 7.48. The van der Waals surface area contributed by atoms with Crippen molar-refractivity contribution in [2.24, 2.45) is 0 Å². The van der Waals surface area contributed by atoms with Crippen molar-refractivity contribution in [3.8, 4) is 5.75 Å².